The van der Waals surface area contributed by atoms with Crippen LogP contribution in [0.5, 0.6) is 0 Å². The van der Waals surface area contributed by atoms with Crippen LogP contribution in [0.4, 0.5) is 11.4 Å². The summed E-state index contributed by atoms with van der Waals surface area (Å²) in [6.45, 7) is 0.287. The number of hydrogen-bond acceptors (Lipinski definition) is 5. The zero-order valence-electron chi connectivity index (χ0n) is 14.3. The summed E-state index contributed by atoms with van der Waals surface area (Å²) in [5, 5.41) is 0. The van der Waals surface area contributed by atoms with E-state index in [1.165, 1.54) is 24.3 Å². The highest BCUT2D eigenvalue weighted by molar-refractivity contribution is 7.94. The Balaban J connectivity index is 1.64. The van der Waals surface area contributed by atoms with Gasteiger partial charge in [0.2, 0.25) is 15.9 Å². The maximum Gasteiger partial charge on any atom is 0.258 e. The number of carbonyl (C=O) groups excluding carboxylic acids is 3. The molecular weight excluding hydrogens is 368 g/mol. The van der Waals surface area contributed by atoms with Gasteiger partial charge in [-0.2, -0.15) is 0 Å². The normalized spacial score (nSPS) is 18.5. The molecule has 2 amide bonds. The molecule has 1 saturated heterocycles. The minimum Gasteiger partial charge on any atom is -0.307 e. The van der Waals surface area contributed by atoms with Gasteiger partial charge in [0.25, 0.3) is 5.91 Å². The topological polar surface area (TPSA) is 91.8 Å². The van der Waals surface area contributed by atoms with Crippen molar-refractivity contribution in [2.45, 2.75) is 12.8 Å². The van der Waals surface area contributed by atoms with Crippen molar-refractivity contribution in [3.8, 4) is 0 Å². The second-order valence-corrected chi connectivity index (χ2v) is 8.36. The first-order valence-electron chi connectivity index (χ1n) is 8.48. The molecule has 0 saturated carbocycles. The second kappa shape index (κ2) is 6.31. The lowest BCUT2D eigenvalue weighted by molar-refractivity contribution is -0.116. The molecule has 2 aromatic carbocycles. The average Bonchev–Trinajstić information content (AvgIpc) is 2.94. The van der Waals surface area contributed by atoms with Crippen molar-refractivity contribution in [3.05, 3.63) is 59.7 Å². The van der Waals surface area contributed by atoms with Crippen LogP contribution in [0.2, 0.25) is 0 Å². The number of benzene rings is 2. The van der Waals surface area contributed by atoms with Gasteiger partial charge in [0.1, 0.15) is 0 Å². The van der Waals surface area contributed by atoms with E-state index in [1.54, 1.807) is 29.2 Å². The maximum atomic E-state index is 12.9. The molecule has 1 fully saturated rings. The number of Topliss-reactive ketones (excluding diaryl/α,β-unsaturated/α-hetero) is 1. The lowest BCUT2D eigenvalue weighted by Gasteiger charge is -2.28. The summed E-state index contributed by atoms with van der Waals surface area (Å²) in [6.07, 6.45) is 0.211. The molecule has 2 aliphatic heterocycles. The Morgan fingerprint density at radius 2 is 1.63 bits per heavy atom. The lowest BCUT2D eigenvalue weighted by Crippen LogP contribution is -2.37. The van der Waals surface area contributed by atoms with Crippen LogP contribution in [0.1, 0.15) is 33.6 Å². The first kappa shape index (κ1) is 17.4. The molecule has 4 rings (SSSR count). The third-order valence-electron chi connectivity index (χ3n) is 4.73. The van der Waals surface area contributed by atoms with Crippen molar-refractivity contribution < 1.29 is 22.8 Å². The van der Waals surface area contributed by atoms with Crippen molar-refractivity contribution in [2.24, 2.45) is 0 Å². The Morgan fingerprint density at radius 3 is 2.30 bits per heavy atom. The van der Waals surface area contributed by atoms with Crippen LogP contribution in [0.3, 0.4) is 0 Å². The minimum absolute atomic E-state index is 0.00255. The summed E-state index contributed by atoms with van der Waals surface area (Å²) >= 11 is 0. The van der Waals surface area contributed by atoms with E-state index in [1.807, 2.05) is 0 Å². The molecule has 0 radical (unpaired) electrons. The van der Waals surface area contributed by atoms with E-state index >= 15 is 0 Å². The zero-order valence-corrected chi connectivity index (χ0v) is 15.1. The smallest absolute Gasteiger partial charge is 0.258 e. The van der Waals surface area contributed by atoms with Crippen LogP contribution < -0.4 is 9.21 Å². The first-order chi connectivity index (χ1) is 12.9. The number of anilines is 2. The zero-order chi connectivity index (χ0) is 19.2. The molecule has 0 aromatic heterocycles. The number of nitrogens with zero attached hydrogens (tertiary/aromatic N) is 2. The van der Waals surface area contributed by atoms with Crippen molar-refractivity contribution in [1.29, 1.82) is 0 Å². The number of para-hydroxylation sites is 1. The minimum atomic E-state index is -3.64. The molecule has 2 heterocycles. The van der Waals surface area contributed by atoms with E-state index < -0.39 is 15.9 Å². The van der Waals surface area contributed by atoms with Gasteiger partial charge in [0.05, 0.1) is 17.1 Å². The number of hydrogen-bond donors (Lipinski definition) is 0. The summed E-state index contributed by atoms with van der Waals surface area (Å²) in [7, 11) is -3.64. The highest BCUT2D eigenvalue weighted by Gasteiger charge is 2.36. The molecule has 0 N–H and O–H groups in total. The monoisotopic (exact) mass is 384 g/mol. The quantitative estimate of drug-likeness (QED) is 0.790. The third-order valence-corrected chi connectivity index (χ3v) is 6.42. The fourth-order valence-corrected chi connectivity index (χ4v) is 4.85. The highest BCUT2D eigenvalue weighted by atomic mass is 32.2. The number of fused-ring (bicyclic) bond motifs is 1. The molecular formula is C19H16N2O5S. The molecule has 27 heavy (non-hydrogen) atoms. The number of amides is 2. The van der Waals surface area contributed by atoms with Crippen molar-refractivity contribution in [3.63, 3.8) is 0 Å². The fraction of sp³-hybridized carbons (Fsp3) is 0.211. The molecule has 0 spiro atoms. The Hall–Kier alpha value is -3.00. The molecule has 0 aliphatic carbocycles. The van der Waals surface area contributed by atoms with Crippen molar-refractivity contribution >= 4 is 39.0 Å². The molecule has 7 nitrogen and oxygen atoms in total. The largest absolute Gasteiger partial charge is 0.307 e. The Bertz CT molecular complexity index is 1060. The van der Waals surface area contributed by atoms with E-state index in [4.69, 9.17) is 0 Å². The van der Waals surface area contributed by atoms with Crippen LogP contribution in [-0.4, -0.2) is 38.3 Å². The summed E-state index contributed by atoms with van der Waals surface area (Å²) in [4.78, 5) is 38.4. The SMILES string of the molecule is O=C1CCN(C(=O)c2ccc(N3C(=O)CCS3(=O)=O)cc2)c2ccccc21. The van der Waals surface area contributed by atoms with Gasteiger partial charge in [-0.05, 0) is 36.4 Å². The summed E-state index contributed by atoms with van der Waals surface area (Å²) in [5.41, 5.74) is 1.66. The number of ketones is 1. The van der Waals surface area contributed by atoms with Gasteiger partial charge in [-0.25, -0.2) is 12.7 Å². The predicted molar refractivity (Wildman–Crippen MR) is 99.4 cm³/mol. The van der Waals surface area contributed by atoms with E-state index in [0.717, 1.165) is 4.31 Å². The maximum absolute atomic E-state index is 12.9. The fourth-order valence-electron chi connectivity index (χ4n) is 3.39. The van der Waals surface area contributed by atoms with Crippen LogP contribution in [0.15, 0.2) is 48.5 Å². The average molecular weight is 384 g/mol. The Morgan fingerprint density at radius 1 is 0.926 bits per heavy atom. The van der Waals surface area contributed by atoms with Gasteiger partial charge >= 0.3 is 0 Å². The van der Waals surface area contributed by atoms with E-state index in [0.29, 0.717) is 16.8 Å². The Kier molecular flexibility index (Phi) is 4.07. The third kappa shape index (κ3) is 2.91. The molecule has 8 heteroatoms. The van der Waals surface area contributed by atoms with Gasteiger partial charge in [-0.3, -0.25) is 14.4 Å². The van der Waals surface area contributed by atoms with Gasteiger partial charge in [-0.15, -0.1) is 0 Å². The molecule has 0 unspecified atom stereocenters. The van der Waals surface area contributed by atoms with Gasteiger partial charge in [0, 0.05) is 30.5 Å². The predicted octanol–water partition coefficient (Wildman–Crippen LogP) is 1.99. The number of carbonyl (C=O) groups is 3. The second-order valence-electron chi connectivity index (χ2n) is 6.42. The Labute approximate surface area is 156 Å². The van der Waals surface area contributed by atoms with Crippen LogP contribution in [0.25, 0.3) is 0 Å². The molecule has 2 aromatic rings. The highest BCUT2D eigenvalue weighted by Crippen LogP contribution is 2.29. The van der Waals surface area contributed by atoms with Crippen molar-refractivity contribution in [1.82, 2.24) is 0 Å². The van der Waals surface area contributed by atoms with E-state index in [-0.39, 0.29) is 42.5 Å². The molecule has 138 valence electrons. The summed E-state index contributed by atoms with van der Waals surface area (Å²) in [6, 6.07) is 12.9. The van der Waals surface area contributed by atoms with Gasteiger partial charge in [0.15, 0.2) is 5.78 Å². The number of sulfonamides is 1. The summed E-state index contributed by atoms with van der Waals surface area (Å²) < 4.78 is 24.8. The number of rotatable bonds is 2. The standard InChI is InChI=1S/C19H16N2O5S/c22-17-9-11-20(16-4-2-1-3-15(16)17)19(24)13-5-7-14(8-6-13)21-18(23)10-12-27(21,25)26/h1-8H,9-12H2. The van der Waals surface area contributed by atoms with Gasteiger partial charge in [-0.1, -0.05) is 12.1 Å². The van der Waals surface area contributed by atoms with Crippen LogP contribution in [0, 0.1) is 0 Å². The molecule has 0 bridgehead atoms. The van der Waals surface area contributed by atoms with Crippen LogP contribution >= 0.6 is 0 Å². The molecule has 2 aliphatic rings. The van der Waals surface area contributed by atoms with Crippen LogP contribution in [-0.2, 0) is 14.8 Å². The summed E-state index contributed by atoms with van der Waals surface area (Å²) in [5.74, 6) is -0.956. The van der Waals surface area contributed by atoms with E-state index in [9.17, 15) is 22.8 Å². The van der Waals surface area contributed by atoms with Crippen molar-refractivity contribution in [2.75, 3.05) is 21.5 Å². The lowest BCUT2D eigenvalue weighted by atomic mass is 9.99. The van der Waals surface area contributed by atoms with Gasteiger partial charge < -0.3 is 4.90 Å². The first-order valence-corrected chi connectivity index (χ1v) is 10.1. The van der Waals surface area contributed by atoms with E-state index in [2.05, 4.69) is 0 Å². The molecule has 0 atom stereocenters.